The summed E-state index contributed by atoms with van der Waals surface area (Å²) < 4.78 is 17.5. The lowest BCUT2D eigenvalue weighted by Gasteiger charge is -2.12. The number of hydrogen-bond donors (Lipinski definition) is 0. The van der Waals surface area contributed by atoms with E-state index in [0.29, 0.717) is 17.4 Å². The molecule has 4 heteroatoms. The summed E-state index contributed by atoms with van der Waals surface area (Å²) in [7, 11) is 1.62. The van der Waals surface area contributed by atoms with Crippen molar-refractivity contribution in [3.05, 3.63) is 95.3 Å². The van der Waals surface area contributed by atoms with Gasteiger partial charge in [0.1, 0.15) is 5.75 Å². The number of methoxy groups -OCH3 is 1. The lowest BCUT2D eigenvalue weighted by Crippen LogP contribution is -2.11. The van der Waals surface area contributed by atoms with E-state index in [1.807, 2.05) is 69.3 Å². The fraction of sp³-hybridized carbons (Fsp3) is 0.222. The van der Waals surface area contributed by atoms with Crippen LogP contribution < -0.4 is 14.2 Å². The molecule has 0 aromatic heterocycles. The first-order valence-corrected chi connectivity index (χ1v) is 10.4. The average Bonchev–Trinajstić information content (AvgIpc) is 2.77. The normalized spacial score (nSPS) is 11.9. The van der Waals surface area contributed by atoms with E-state index in [9.17, 15) is 0 Å². The number of ether oxygens (including phenoxy) is 3. The Morgan fingerprint density at radius 3 is 2.16 bits per heavy atom. The number of nitrogens with zero attached hydrogens (tertiary/aromatic N) is 1. The van der Waals surface area contributed by atoms with Crippen LogP contribution in [-0.4, -0.2) is 13.0 Å². The standard InChI is InChI=1S/C27H29NO3/c1-6-22-11-13-23(14-12-22)28-27(31-24-16-19(2)15-20(3)17-24)21(4)18-30-26-10-8-7-9-25(26)29-5/h7-18H,6H2,1-5H3/b21-18+,28-27?. The van der Waals surface area contributed by atoms with Crippen LogP contribution in [0.5, 0.6) is 17.2 Å². The first-order valence-electron chi connectivity index (χ1n) is 10.4. The minimum atomic E-state index is 0.476. The molecule has 0 atom stereocenters. The topological polar surface area (TPSA) is 40.0 Å². The molecule has 0 spiro atoms. The van der Waals surface area contributed by atoms with Crippen molar-refractivity contribution >= 4 is 11.6 Å². The molecule has 0 bridgehead atoms. The number of rotatable bonds is 7. The maximum atomic E-state index is 6.21. The van der Waals surface area contributed by atoms with Crippen LogP contribution >= 0.6 is 0 Å². The molecule has 160 valence electrons. The molecule has 0 unspecified atom stereocenters. The second kappa shape index (κ2) is 10.5. The number of hydrogen-bond acceptors (Lipinski definition) is 4. The third-order valence-electron chi connectivity index (χ3n) is 4.75. The van der Waals surface area contributed by atoms with Crippen LogP contribution in [0.25, 0.3) is 0 Å². The van der Waals surface area contributed by atoms with Crippen molar-refractivity contribution in [1.29, 1.82) is 0 Å². The largest absolute Gasteiger partial charge is 0.493 e. The highest BCUT2D eigenvalue weighted by molar-refractivity contribution is 5.96. The van der Waals surface area contributed by atoms with E-state index in [-0.39, 0.29) is 0 Å². The van der Waals surface area contributed by atoms with Crippen molar-refractivity contribution in [3.8, 4) is 17.2 Å². The van der Waals surface area contributed by atoms with E-state index < -0.39 is 0 Å². The predicted octanol–water partition coefficient (Wildman–Crippen LogP) is 6.97. The third-order valence-corrected chi connectivity index (χ3v) is 4.75. The highest BCUT2D eigenvalue weighted by Gasteiger charge is 2.10. The summed E-state index contributed by atoms with van der Waals surface area (Å²) in [5, 5.41) is 0. The fourth-order valence-corrected chi connectivity index (χ4v) is 3.14. The zero-order valence-corrected chi connectivity index (χ0v) is 18.8. The Labute approximate surface area is 184 Å². The van der Waals surface area contributed by atoms with Crippen molar-refractivity contribution in [2.45, 2.75) is 34.1 Å². The number of para-hydroxylation sites is 2. The summed E-state index contributed by atoms with van der Waals surface area (Å²) >= 11 is 0. The van der Waals surface area contributed by atoms with Gasteiger partial charge >= 0.3 is 0 Å². The maximum absolute atomic E-state index is 6.21. The van der Waals surface area contributed by atoms with Crippen molar-refractivity contribution in [2.75, 3.05) is 7.11 Å². The lowest BCUT2D eigenvalue weighted by molar-refractivity contribution is 0.377. The van der Waals surface area contributed by atoms with Crippen LogP contribution in [0, 0.1) is 13.8 Å². The van der Waals surface area contributed by atoms with Crippen LogP contribution in [-0.2, 0) is 6.42 Å². The Morgan fingerprint density at radius 1 is 0.903 bits per heavy atom. The van der Waals surface area contributed by atoms with Crippen LogP contribution in [0.1, 0.15) is 30.5 Å². The zero-order chi connectivity index (χ0) is 22.2. The van der Waals surface area contributed by atoms with E-state index >= 15 is 0 Å². The monoisotopic (exact) mass is 415 g/mol. The van der Waals surface area contributed by atoms with Crippen molar-refractivity contribution < 1.29 is 14.2 Å². The molecule has 0 saturated carbocycles. The summed E-state index contributed by atoms with van der Waals surface area (Å²) in [5.74, 6) is 2.51. The highest BCUT2D eigenvalue weighted by Crippen LogP contribution is 2.27. The lowest BCUT2D eigenvalue weighted by atomic mass is 10.1. The SMILES string of the molecule is CCc1ccc(N=C(Oc2cc(C)cc(C)c2)/C(C)=C/Oc2ccccc2OC)cc1. The van der Waals surface area contributed by atoms with Crippen LogP contribution in [0.2, 0.25) is 0 Å². The van der Waals surface area contributed by atoms with Gasteiger partial charge in [0.25, 0.3) is 0 Å². The minimum Gasteiger partial charge on any atom is -0.493 e. The minimum absolute atomic E-state index is 0.476. The maximum Gasteiger partial charge on any atom is 0.225 e. The molecular formula is C27H29NO3. The number of benzene rings is 3. The molecule has 0 heterocycles. The second-order valence-electron chi connectivity index (χ2n) is 7.43. The second-order valence-corrected chi connectivity index (χ2v) is 7.43. The predicted molar refractivity (Wildman–Crippen MR) is 127 cm³/mol. The average molecular weight is 416 g/mol. The van der Waals surface area contributed by atoms with Gasteiger partial charge in [-0.2, -0.15) is 0 Å². The molecule has 0 amide bonds. The van der Waals surface area contributed by atoms with E-state index in [2.05, 4.69) is 25.1 Å². The van der Waals surface area contributed by atoms with Gasteiger partial charge in [-0.25, -0.2) is 4.99 Å². The van der Waals surface area contributed by atoms with Gasteiger partial charge in [0.05, 0.1) is 19.1 Å². The van der Waals surface area contributed by atoms with Crippen molar-refractivity contribution in [3.63, 3.8) is 0 Å². The molecule has 0 saturated heterocycles. The number of aryl methyl sites for hydroxylation is 3. The van der Waals surface area contributed by atoms with Crippen molar-refractivity contribution in [2.24, 2.45) is 4.99 Å². The molecule has 31 heavy (non-hydrogen) atoms. The van der Waals surface area contributed by atoms with E-state index in [1.54, 1.807) is 13.4 Å². The third kappa shape index (κ3) is 6.22. The van der Waals surface area contributed by atoms with Crippen molar-refractivity contribution in [1.82, 2.24) is 0 Å². The van der Waals surface area contributed by atoms with Gasteiger partial charge in [0.15, 0.2) is 11.5 Å². The van der Waals surface area contributed by atoms with Gasteiger partial charge in [0, 0.05) is 5.57 Å². The summed E-state index contributed by atoms with van der Waals surface area (Å²) in [6.07, 6.45) is 2.63. The quantitative estimate of drug-likeness (QED) is 0.238. The molecule has 4 nitrogen and oxygen atoms in total. The summed E-state index contributed by atoms with van der Waals surface area (Å²) in [4.78, 5) is 4.76. The smallest absolute Gasteiger partial charge is 0.225 e. The van der Waals surface area contributed by atoms with E-state index in [0.717, 1.165) is 34.6 Å². The molecule has 0 N–H and O–H groups in total. The molecule has 3 aromatic carbocycles. The Kier molecular flexibility index (Phi) is 7.50. The van der Waals surface area contributed by atoms with Crippen LogP contribution in [0.3, 0.4) is 0 Å². The first-order chi connectivity index (χ1) is 15.0. The van der Waals surface area contributed by atoms with Gasteiger partial charge in [-0.1, -0.05) is 37.3 Å². The summed E-state index contributed by atoms with van der Waals surface area (Å²) in [6.45, 7) is 8.15. The first kappa shape index (κ1) is 22.2. The molecule has 3 rings (SSSR count). The van der Waals surface area contributed by atoms with E-state index in [1.165, 1.54) is 5.56 Å². The summed E-state index contributed by atoms with van der Waals surface area (Å²) in [6, 6.07) is 21.8. The molecule has 0 aliphatic carbocycles. The molecule has 0 fully saturated rings. The zero-order valence-electron chi connectivity index (χ0n) is 18.8. The number of aliphatic imine (C=N–C) groups is 1. The molecule has 0 radical (unpaired) electrons. The Bertz CT molecular complexity index is 1060. The fourth-order valence-electron chi connectivity index (χ4n) is 3.14. The van der Waals surface area contributed by atoms with Gasteiger partial charge in [-0.3, -0.25) is 0 Å². The summed E-state index contributed by atoms with van der Waals surface area (Å²) in [5.41, 5.74) is 5.11. The van der Waals surface area contributed by atoms with E-state index in [4.69, 9.17) is 19.2 Å². The van der Waals surface area contributed by atoms with Gasteiger partial charge in [0.2, 0.25) is 5.90 Å². The van der Waals surface area contributed by atoms with Gasteiger partial charge in [-0.15, -0.1) is 0 Å². The van der Waals surface area contributed by atoms with Crippen LogP contribution in [0.15, 0.2) is 83.6 Å². The van der Waals surface area contributed by atoms with Gasteiger partial charge in [-0.05, 0) is 80.3 Å². The molecule has 0 aliphatic heterocycles. The highest BCUT2D eigenvalue weighted by atomic mass is 16.5. The Morgan fingerprint density at radius 2 is 1.55 bits per heavy atom. The molecule has 3 aromatic rings. The Hall–Kier alpha value is -3.53. The van der Waals surface area contributed by atoms with Gasteiger partial charge < -0.3 is 14.2 Å². The molecular weight excluding hydrogens is 386 g/mol. The Balaban J connectivity index is 1.94. The van der Waals surface area contributed by atoms with Crippen LogP contribution in [0.4, 0.5) is 5.69 Å². The molecule has 0 aliphatic rings.